The second-order valence-corrected chi connectivity index (χ2v) is 6.55. The number of fused-ring (bicyclic) bond motifs is 1. The number of amides is 1. The summed E-state index contributed by atoms with van der Waals surface area (Å²) in [5, 5.41) is 7.34. The van der Waals surface area contributed by atoms with E-state index < -0.39 is 0 Å². The Bertz CT molecular complexity index is 889. The molecule has 1 unspecified atom stereocenters. The van der Waals surface area contributed by atoms with Gasteiger partial charge in [0.25, 0.3) is 5.91 Å². The number of hydrogen-bond donors (Lipinski definition) is 1. The Morgan fingerprint density at radius 3 is 2.92 bits per heavy atom. The fourth-order valence-electron chi connectivity index (χ4n) is 2.97. The van der Waals surface area contributed by atoms with Gasteiger partial charge in [0.1, 0.15) is 6.17 Å². The van der Waals surface area contributed by atoms with Gasteiger partial charge in [-0.15, -0.1) is 0 Å². The van der Waals surface area contributed by atoms with Gasteiger partial charge in [-0.25, -0.2) is 0 Å². The van der Waals surface area contributed by atoms with Crippen LogP contribution in [0.4, 0.5) is 0 Å². The van der Waals surface area contributed by atoms with Crippen molar-refractivity contribution in [3.8, 4) is 11.1 Å². The van der Waals surface area contributed by atoms with Crippen molar-refractivity contribution in [2.24, 2.45) is 4.99 Å². The van der Waals surface area contributed by atoms with E-state index in [4.69, 9.17) is 0 Å². The maximum atomic E-state index is 11.9. The molecule has 0 spiro atoms. The molecule has 1 aliphatic carbocycles. The molecule has 1 N–H and O–H groups in total. The zero-order valence-corrected chi connectivity index (χ0v) is 14.0. The monoisotopic (exact) mass is 332 g/mol. The van der Waals surface area contributed by atoms with Crippen LogP contribution in [-0.4, -0.2) is 28.1 Å². The average molecular weight is 332 g/mol. The molecule has 2 heterocycles. The summed E-state index contributed by atoms with van der Waals surface area (Å²) >= 11 is 0. The van der Waals surface area contributed by atoms with Crippen LogP contribution in [0.3, 0.4) is 0 Å². The molecule has 126 valence electrons. The van der Waals surface area contributed by atoms with Crippen LogP contribution in [0.25, 0.3) is 11.1 Å². The molecular formula is C20H20N4O. The third-order valence-electron chi connectivity index (χ3n) is 4.64. The summed E-state index contributed by atoms with van der Waals surface area (Å²) in [5.74, 6) is -0.234. The van der Waals surface area contributed by atoms with Crippen molar-refractivity contribution in [1.29, 1.82) is 0 Å². The summed E-state index contributed by atoms with van der Waals surface area (Å²) in [7, 11) is 0. The van der Waals surface area contributed by atoms with E-state index in [-0.39, 0.29) is 12.1 Å². The van der Waals surface area contributed by atoms with Crippen LogP contribution in [0.15, 0.2) is 60.4 Å². The number of benzene rings is 1. The Hall–Kier alpha value is -2.95. The fraction of sp³-hybridized carbons (Fsp3) is 0.250. The maximum Gasteiger partial charge on any atom is 0.252 e. The van der Waals surface area contributed by atoms with E-state index in [0.717, 1.165) is 16.7 Å². The molecule has 25 heavy (non-hydrogen) atoms. The first-order chi connectivity index (χ1) is 12.1. The molecular weight excluding hydrogens is 312 g/mol. The standard InChI is InChI=1S/C20H20N4O/c1-3-13(2)20(25)23-19-9-16-8-14(4-5-15(16)10-21-19)17-11-22-24(12-17)18-6-7-18/h3-5,8,10-12,18-19H,1-2,6-7,9H2,(H,23,25). The molecule has 1 aliphatic heterocycles. The molecule has 4 rings (SSSR count). The topological polar surface area (TPSA) is 59.3 Å². The zero-order valence-electron chi connectivity index (χ0n) is 14.0. The van der Waals surface area contributed by atoms with Gasteiger partial charge in [-0.05, 0) is 29.5 Å². The summed E-state index contributed by atoms with van der Waals surface area (Å²) in [5.41, 5.74) is 4.87. The molecule has 5 nitrogen and oxygen atoms in total. The number of carbonyl (C=O) groups is 1. The van der Waals surface area contributed by atoms with Crippen molar-refractivity contribution in [2.45, 2.75) is 31.5 Å². The summed E-state index contributed by atoms with van der Waals surface area (Å²) in [4.78, 5) is 16.4. The Morgan fingerprint density at radius 1 is 1.32 bits per heavy atom. The van der Waals surface area contributed by atoms with Gasteiger partial charge in [0.15, 0.2) is 0 Å². The number of carbonyl (C=O) groups excluding carboxylic acids is 1. The maximum absolute atomic E-state index is 11.9. The van der Waals surface area contributed by atoms with Gasteiger partial charge in [0.05, 0.1) is 12.2 Å². The summed E-state index contributed by atoms with van der Waals surface area (Å²) in [6.07, 6.45) is 10.1. The molecule has 0 bridgehead atoms. The highest BCUT2D eigenvalue weighted by molar-refractivity contribution is 5.96. The van der Waals surface area contributed by atoms with Crippen molar-refractivity contribution in [1.82, 2.24) is 15.1 Å². The van der Waals surface area contributed by atoms with E-state index in [1.165, 1.54) is 24.5 Å². The molecule has 0 saturated heterocycles. The van der Waals surface area contributed by atoms with Crippen LogP contribution in [0.2, 0.25) is 0 Å². The molecule has 1 aromatic carbocycles. The number of nitrogens with one attached hydrogen (secondary N) is 1. The summed E-state index contributed by atoms with van der Waals surface area (Å²) in [6, 6.07) is 6.91. The first kappa shape index (κ1) is 15.6. The molecule has 1 amide bonds. The molecule has 1 saturated carbocycles. The van der Waals surface area contributed by atoms with Crippen molar-refractivity contribution >= 4 is 12.1 Å². The third-order valence-corrected chi connectivity index (χ3v) is 4.64. The van der Waals surface area contributed by atoms with Crippen molar-refractivity contribution in [2.75, 3.05) is 0 Å². The number of aliphatic imine (C=N–C) groups is 1. The number of rotatable bonds is 5. The predicted molar refractivity (Wildman–Crippen MR) is 98.5 cm³/mol. The van der Waals surface area contributed by atoms with Crippen LogP contribution in [-0.2, 0) is 11.2 Å². The zero-order chi connectivity index (χ0) is 17.4. The average Bonchev–Trinajstić information content (AvgIpc) is 3.37. The molecule has 0 radical (unpaired) electrons. The molecule has 2 aliphatic rings. The first-order valence-corrected chi connectivity index (χ1v) is 8.47. The van der Waals surface area contributed by atoms with Crippen molar-refractivity contribution < 1.29 is 4.79 Å². The first-order valence-electron chi connectivity index (χ1n) is 8.47. The van der Waals surface area contributed by atoms with Crippen LogP contribution < -0.4 is 5.32 Å². The smallest absolute Gasteiger partial charge is 0.252 e. The van der Waals surface area contributed by atoms with Gasteiger partial charge in [0, 0.05) is 30.0 Å². The SMILES string of the molecule is C=CC(=C)C(=O)NC1Cc2cc(-c3cnn(C4CC4)c3)ccc2C=N1. The lowest BCUT2D eigenvalue weighted by atomic mass is 9.96. The molecule has 1 atom stereocenters. The molecule has 2 aromatic rings. The highest BCUT2D eigenvalue weighted by atomic mass is 16.1. The van der Waals surface area contributed by atoms with Gasteiger partial charge in [-0.2, -0.15) is 5.10 Å². The van der Waals surface area contributed by atoms with Gasteiger partial charge in [0.2, 0.25) is 0 Å². The molecule has 5 heteroatoms. The molecule has 1 aromatic heterocycles. The van der Waals surface area contributed by atoms with Gasteiger partial charge in [-0.1, -0.05) is 37.4 Å². The van der Waals surface area contributed by atoms with E-state index >= 15 is 0 Å². The summed E-state index contributed by atoms with van der Waals surface area (Å²) in [6.45, 7) is 7.23. The Labute approximate surface area is 146 Å². The minimum atomic E-state index is -0.277. The van der Waals surface area contributed by atoms with Crippen molar-refractivity contribution in [3.05, 3.63) is 66.5 Å². The Morgan fingerprint density at radius 2 is 2.16 bits per heavy atom. The lowest BCUT2D eigenvalue weighted by molar-refractivity contribution is -0.117. The second kappa shape index (κ2) is 6.16. The van der Waals surface area contributed by atoms with Gasteiger partial charge >= 0.3 is 0 Å². The van der Waals surface area contributed by atoms with Gasteiger partial charge in [-0.3, -0.25) is 14.5 Å². The van der Waals surface area contributed by atoms with E-state index in [1.807, 2.05) is 12.4 Å². The quantitative estimate of drug-likeness (QED) is 0.676. The summed E-state index contributed by atoms with van der Waals surface area (Å²) < 4.78 is 2.06. The largest absolute Gasteiger partial charge is 0.330 e. The van der Waals surface area contributed by atoms with Crippen LogP contribution in [0, 0.1) is 0 Å². The van der Waals surface area contributed by atoms with E-state index in [0.29, 0.717) is 18.0 Å². The number of nitrogens with zero attached hydrogens (tertiary/aromatic N) is 3. The highest BCUT2D eigenvalue weighted by Gasteiger charge is 2.24. The molecule has 1 fully saturated rings. The minimum absolute atomic E-state index is 0.234. The Kier molecular flexibility index (Phi) is 3.84. The van der Waals surface area contributed by atoms with E-state index in [1.54, 1.807) is 0 Å². The van der Waals surface area contributed by atoms with Crippen LogP contribution in [0.5, 0.6) is 0 Å². The Balaban J connectivity index is 1.53. The lowest BCUT2D eigenvalue weighted by Crippen LogP contribution is -2.37. The minimum Gasteiger partial charge on any atom is -0.330 e. The van der Waals surface area contributed by atoms with Gasteiger partial charge < -0.3 is 5.32 Å². The third kappa shape index (κ3) is 3.18. The van der Waals surface area contributed by atoms with E-state index in [2.05, 4.69) is 57.6 Å². The highest BCUT2D eigenvalue weighted by Crippen LogP contribution is 2.35. The second-order valence-electron chi connectivity index (χ2n) is 6.55. The fourth-order valence-corrected chi connectivity index (χ4v) is 2.97. The predicted octanol–water partition coefficient (Wildman–Crippen LogP) is 3.04. The lowest BCUT2D eigenvalue weighted by Gasteiger charge is -2.20. The number of aromatic nitrogens is 2. The van der Waals surface area contributed by atoms with Crippen molar-refractivity contribution in [3.63, 3.8) is 0 Å². The van der Waals surface area contributed by atoms with Crippen LogP contribution in [0.1, 0.15) is 30.0 Å². The van der Waals surface area contributed by atoms with E-state index in [9.17, 15) is 4.79 Å². The van der Waals surface area contributed by atoms with Crippen LogP contribution >= 0.6 is 0 Å². The number of hydrogen-bond acceptors (Lipinski definition) is 3. The normalized spacial score (nSPS) is 18.5.